The molecule has 1 aliphatic carbocycles. The fraction of sp³-hybridized carbons (Fsp3) is 0.417. The molecule has 80 valence electrons. The lowest BCUT2D eigenvalue weighted by molar-refractivity contribution is 0.0696. The van der Waals surface area contributed by atoms with Crippen molar-refractivity contribution in [3.63, 3.8) is 0 Å². The van der Waals surface area contributed by atoms with Crippen molar-refractivity contribution in [2.24, 2.45) is 11.7 Å². The third-order valence-corrected chi connectivity index (χ3v) is 3.12. The summed E-state index contributed by atoms with van der Waals surface area (Å²) in [6.45, 7) is 0.722. The van der Waals surface area contributed by atoms with Crippen LogP contribution in [0.2, 0.25) is 0 Å². The Balaban J connectivity index is 2.28. The van der Waals surface area contributed by atoms with Crippen LogP contribution in [0.15, 0.2) is 18.2 Å². The van der Waals surface area contributed by atoms with E-state index in [1.54, 1.807) is 12.1 Å². The van der Waals surface area contributed by atoms with E-state index in [2.05, 4.69) is 0 Å². The van der Waals surface area contributed by atoms with Crippen molar-refractivity contribution < 1.29 is 9.90 Å². The average Bonchev–Trinajstić information content (AvgIpc) is 2.27. The molecule has 0 saturated heterocycles. The largest absolute Gasteiger partial charge is 0.478 e. The van der Waals surface area contributed by atoms with E-state index in [9.17, 15) is 4.79 Å². The molecule has 0 bridgehead atoms. The highest BCUT2D eigenvalue weighted by Crippen LogP contribution is 2.25. The monoisotopic (exact) mass is 205 g/mol. The van der Waals surface area contributed by atoms with Gasteiger partial charge < -0.3 is 10.8 Å². The predicted molar refractivity (Wildman–Crippen MR) is 58.0 cm³/mol. The lowest BCUT2D eigenvalue weighted by atomic mass is 9.83. The second-order valence-electron chi connectivity index (χ2n) is 4.13. The van der Waals surface area contributed by atoms with Gasteiger partial charge in [-0.05, 0) is 55.0 Å². The van der Waals surface area contributed by atoms with Gasteiger partial charge in [0.2, 0.25) is 0 Å². The zero-order valence-electron chi connectivity index (χ0n) is 8.57. The van der Waals surface area contributed by atoms with Gasteiger partial charge >= 0.3 is 5.97 Å². The number of carbonyl (C=O) groups is 1. The molecule has 3 nitrogen and oxygen atoms in total. The van der Waals surface area contributed by atoms with Crippen molar-refractivity contribution >= 4 is 5.97 Å². The number of rotatable bonds is 2. The molecule has 1 aromatic carbocycles. The molecule has 0 radical (unpaired) electrons. The highest BCUT2D eigenvalue weighted by Gasteiger charge is 2.18. The van der Waals surface area contributed by atoms with Crippen LogP contribution in [0, 0.1) is 5.92 Å². The van der Waals surface area contributed by atoms with Gasteiger partial charge in [0.15, 0.2) is 0 Å². The Morgan fingerprint density at radius 3 is 2.93 bits per heavy atom. The molecule has 3 heteroatoms. The maximum atomic E-state index is 10.8. The standard InChI is InChI=1S/C12H15NO2/c13-7-8-1-2-10-6-11(12(14)15)4-3-9(10)5-8/h3-4,6,8H,1-2,5,7,13H2,(H,14,15). The summed E-state index contributed by atoms with van der Waals surface area (Å²) in [7, 11) is 0. The number of hydrogen-bond donors (Lipinski definition) is 2. The first-order valence-corrected chi connectivity index (χ1v) is 5.26. The summed E-state index contributed by atoms with van der Waals surface area (Å²) in [5, 5.41) is 8.86. The molecule has 0 aromatic heterocycles. The van der Waals surface area contributed by atoms with Gasteiger partial charge in [-0.25, -0.2) is 4.79 Å². The van der Waals surface area contributed by atoms with Crippen LogP contribution >= 0.6 is 0 Å². The number of aryl methyl sites for hydroxylation is 1. The lowest BCUT2D eigenvalue weighted by Gasteiger charge is -2.23. The molecule has 0 fully saturated rings. The van der Waals surface area contributed by atoms with Crippen molar-refractivity contribution in [1.29, 1.82) is 0 Å². The molecule has 1 atom stereocenters. The van der Waals surface area contributed by atoms with Gasteiger partial charge in [0.05, 0.1) is 5.56 Å². The first-order valence-electron chi connectivity index (χ1n) is 5.26. The molecule has 1 unspecified atom stereocenters. The number of fused-ring (bicyclic) bond motifs is 1. The molecule has 0 spiro atoms. The Bertz CT molecular complexity index is 387. The Kier molecular flexibility index (Phi) is 2.73. The van der Waals surface area contributed by atoms with Gasteiger partial charge in [0.1, 0.15) is 0 Å². The molecule has 1 aliphatic rings. The van der Waals surface area contributed by atoms with Crippen LogP contribution in [0.4, 0.5) is 0 Å². The minimum atomic E-state index is -0.848. The molecule has 0 saturated carbocycles. The Labute approximate surface area is 88.9 Å². The third kappa shape index (κ3) is 2.02. The highest BCUT2D eigenvalue weighted by molar-refractivity contribution is 5.87. The Morgan fingerprint density at radius 1 is 1.47 bits per heavy atom. The number of hydrogen-bond acceptors (Lipinski definition) is 2. The molecular weight excluding hydrogens is 190 g/mol. The van der Waals surface area contributed by atoms with Gasteiger partial charge in [-0.15, -0.1) is 0 Å². The molecule has 0 aliphatic heterocycles. The topological polar surface area (TPSA) is 63.3 Å². The lowest BCUT2D eigenvalue weighted by Crippen LogP contribution is -2.22. The number of aromatic carboxylic acids is 1. The zero-order valence-corrected chi connectivity index (χ0v) is 8.57. The van der Waals surface area contributed by atoms with Crippen LogP contribution in [-0.4, -0.2) is 17.6 Å². The van der Waals surface area contributed by atoms with Gasteiger partial charge in [0, 0.05) is 0 Å². The molecule has 15 heavy (non-hydrogen) atoms. The smallest absolute Gasteiger partial charge is 0.335 e. The van der Waals surface area contributed by atoms with E-state index in [1.165, 1.54) is 11.1 Å². The summed E-state index contributed by atoms with van der Waals surface area (Å²) < 4.78 is 0. The second-order valence-corrected chi connectivity index (χ2v) is 4.13. The minimum absolute atomic E-state index is 0.389. The van der Waals surface area contributed by atoms with Crippen molar-refractivity contribution in [1.82, 2.24) is 0 Å². The molecular formula is C12H15NO2. The van der Waals surface area contributed by atoms with E-state index < -0.39 is 5.97 Å². The summed E-state index contributed by atoms with van der Waals surface area (Å²) in [4.78, 5) is 10.8. The maximum Gasteiger partial charge on any atom is 0.335 e. The summed E-state index contributed by atoms with van der Waals surface area (Å²) in [5.74, 6) is -0.285. The van der Waals surface area contributed by atoms with E-state index in [0.717, 1.165) is 25.8 Å². The quantitative estimate of drug-likeness (QED) is 0.768. The SMILES string of the molecule is NCC1CCc2cc(C(=O)O)ccc2C1. The molecule has 0 heterocycles. The number of carboxylic acid groups (broad SMARTS) is 1. The normalized spacial score (nSPS) is 19.7. The average molecular weight is 205 g/mol. The Morgan fingerprint density at radius 2 is 2.27 bits per heavy atom. The predicted octanol–water partition coefficient (Wildman–Crippen LogP) is 1.45. The van der Waals surface area contributed by atoms with Gasteiger partial charge in [-0.3, -0.25) is 0 Å². The zero-order chi connectivity index (χ0) is 10.8. The van der Waals surface area contributed by atoms with Crippen molar-refractivity contribution in [3.05, 3.63) is 34.9 Å². The van der Waals surface area contributed by atoms with Crippen LogP contribution in [0.3, 0.4) is 0 Å². The number of nitrogens with two attached hydrogens (primary N) is 1. The van der Waals surface area contributed by atoms with E-state index in [4.69, 9.17) is 10.8 Å². The highest BCUT2D eigenvalue weighted by atomic mass is 16.4. The van der Waals surface area contributed by atoms with Gasteiger partial charge in [-0.2, -0.15) is 0 Å². The van der Waals surface area contributed by atoms with Crippen LogP contribution < -0.4 is 5.73 Å². The molecule has 0 amide bonds. The fourth-order valence-corrected chi connectivity index (χ4v) is 2.16. The van der Waals surface area contributed by atoms with Crippen LogP contribution in [0.5, 0.6) is 0 Å². The van der Waals surface area contributed by atoms with E-state index in [0.29, 0.717) is 11.5 Å². The van der Waals surface area contributed by atoms with Crippen molar-refractivity contribution in [3.8, 4) is 0 Å². The van der Waals surface area contributed by atoms with Crippen molar-refractivity contribution in [2.75, 3.05) is 6.54 Å². The van der Waals surface area contributed by atoms with Crippen LogP contribution in [0.1, 0.15) is 27.9 Å². The minimum Gasteiger partial charge on any atom is -0.478 e. The Hall–Kier alpha value is -1.35. The maximum absolute atomic E-state index is 10.8. The van der Waals surface area contributed by atoms with Gasteiger partial charge in [0.25, 0.3) is 0 Å². The van der Waals surface area contributed by atoms with E-state index >= 15 is 0 Å². The van der Waals surface area contributed by atoms with Gasteiger partial charge in [-0.1, -0.05) is 6.07 Å². The summed E-state index contributed by atoms with van der Waals surface area (Å²) in [5.41, 5.74) is 8.48. The summed E-state index contributed by atoms with van der Waals surface area (Å²) in [6, 6.07) is 5.41. The summed E-state index contributed by atoms with van der Waals surface area (Å²) in [6.07, 6.45) is 3.02. The first kappa shape index (κ1) is 10.2. The van der Waals surface area contributed by atoms with Crippen LogP contribution in [0.25, 0.3) is 0 Å². The van der Waals surface area contributed by atoms with Crippen molar-refractivity contribution in [2.45, 2.75) is 19.3 Å². The number of benzene rings is 1. The third-order valence-electron chi connectivity index (χ3n) is 3.12. The molecule has 3 N–H and O–H groups in total. The molecule has 2 rings (SSSR count). The van der Waals surface area contributed by atoms with E-state index in [1.807, 2.05) is 6.07 Å². The second kappa shape index (κ2) is 4.03. The van der Waals surface area contributed by atoms with E-state index in [-0.39, 0.29) is 0 Å². The van der Waals surface area contributed by atoms with Crippen LogP contribution in [-0.2, 0) is 12.8 Å². The number of carboxylic acids is 1. The fourth-order valence-electron chi connectivity index (χ4n) is 2.16. The molecule has 1 aromatic rings. The first-order chi connectivity index (χ1) is 7.20. The summed E-state index contributed by atoms with van der Waals surface area (Å²) >= 11 is 0.